The Balaban J connectivity index is 1.57. The Kier molecular flexibility index (Phi) is 6.82. The first-order valence-corrected chi connectivity index (χ1v) is 12.3. The quantitative estimate of drug-likeness (QED) is 0.309. The summed E-state index contributed by atoms with van der Waals surface area (Å²) in [6.07, 6.45) is 5.53. The number of ether oxygens (including phenoxy) is 1. The third-order valence-corrected chi connectivity index (χ3v) is 6.94. The highest BCUT2D eigenvalue weighted by molar-refractivity contribution is 5.93. The van der Waals surface area contributed by atoms with E-state index in [2.05, 4.69) is 33.6 Å². The van der Waals surface area contributed by atoms with E-state index in [1.807, 2.05) is 6.92 Å². The third kappa shape index (κ3) is 4.26. The first kappa shape index (κ1) is 25.4. The molecule has 11 heteroatoms. The van der Waals surface area contributed by atoms with Crippen LogP contribution < -0.4 is 5.73 Å². The van der Waals surface area contributed by atoms with E-state index >= 15 is 4.39 Å². The average molecular weight is 520 g/mol. The zero-order valence-electron chi connectivity index (χ0n) is 21.1. The van der Waals surface area contributed by atoms with Gasteiger partial charge in [-0.15, -0.1) is 0 Å². The number of aryl methyl sites for hydroxylation is 1. The summed E-state index contributed by atoms with van der Waals surface area (Å²) in [4.78, 5) is 18.5. The lowest BCUT2D eigenvalue weighted by atomic mass is 10.1. The molecule has 0 radical (unpaired) electrons. The number of anilines is 1. The highest BCUT2D eigenvalue weighted by Crippen LogP contribution is 2.34. The first-order chi connectivity index (χ1) is 18.4. The molecule has 9 nitrogen and oxygen atoms in total. The number of carbonyl (C=O) groups is 1. The van der Waals surface area contributed by atoms with Gasteiger partial charge in [-0.05, 0) is 37.8 Å². The van der Waals surface area contributed by atoms with E-state index in [1.54, 1.807) is 29.0 Å². The molecular weight excluding hydrogens is 492 g/mol. The molecule has 4 aromatic rings. The molecule has 2 atom stereocenters. The number of aromatic nitrogens is 5. The zero-order valence-corrected chi connectivity index (χ0v) is 21.1. The van der Waals surface area contributed by atoms with E-state index < -0.39 is 11.6 Å². The van der Waals surface area contributed by atoms with Crippen LogP contribution in [-0.4, -0.2) is 61.7 Å². The molecular formula is C27H27F2N7O2. The van der Waals surface area contributed by atoms with Crippen molar-refractivity contribution in [1.82, 2.24) is 29.4 Å². The number of fused-ring (bicyclic) bond motifs is 2. The number of nitrogen functional groups attached to an aromatic ring is 1. The van der Waals surface area contributed by atoms with E-state index in [0.717, 1.165) is 0 Å². The maximum absolute atomic E-state index is 15.2. The summed E-state index contributed by atoms with van der Waals surface area (Å²) in [6.45, 7) is 6.85. The van der Waals surface area contributed by atoms with Gasteiger partial charge < -0.3 is 15.4 Å². The van der Waals surface area contributed by atoms with Crippen LogP contribution in [0.1, 0.15) is 37.1 Å². The Morgan fingerprint density at radius 1 is 1.34 bits per heavy atom. The van der Waals surface area contributed by atoms with Crippen LogP contribution in [0.3, 0.4) is 0 Å². The van der Waals surface area contributed by atoms with Gasteiger partial charge in [-0.3, -0.25) is 14.2 Å². The smallest absolute Gasteiger partial charge is 0.246 e. The predicted molar refractivity (Wildman–Crippen MR) is 139 cm³/mol. The molecule has 0 spiro atoms. The number of rotatable bonds is 6. The average Bonchev–Trinajstić information content (AvgIpc) is 3.62. The van der Waals surface area contributed by atoms with Gasteiger partial charge in [0, 0.05) is 45.1 Å². The second-order valence-electron chi connectivity index (χ2n) is 9.09. The maximum Gasteiger partial charge on any atom is 0.246 e. The molecule has 2 N–H and O–H groups in total. The third-order valence-electron chi connectivity index (χ3n) is 6.94. The molecule has 196 valence electrons. The number of halogens is 2. The van der Waals surface area contributed by atoms with Crippen molar-refractivity contribution in [2.24, 2.45) is 0 Å². The molecule has 0 unspecified atom stereocenters. The molecule has 1 aliphatic rings. The molecule has 1 aliphatic heterocycles. The first-order valence-electron chi connectivity index (χ1n) is 12.3. The summed E-state index contributed by atoms with van der Waals surface area (Å²) in [5.41, 5.74) is 7.10. The van der Waals surface area contributed by atoms with E-state index in [0.29, 0.717) is 49.0 Å². The normalized spacial score (nSPS) is 17.2. The minimum atomic E-state index is -0.789. The van der Waals surface area contributed by atoms with E-state index in [1.165, 1.54) is 23.0 Å². The number of pyridine rings is 1. The Labute approximate surface area is 217 Å². The maximum atomic E-state index is 15.2. The number of likely N-dealkylation sites (tertiary alicyclic amines) is 1. The van der Waals surface area contributed by atoms with Gasteiger partial charge in [0.1, 0.15) is 17.3 Å². The van der Waals surface area contributed by atoms with Crippen molar-refractivity contribution in [1.29, 1.82) is 0 Å². The second kappa shape index (κ2) is 10.2. The summed E-state index contributed by atoms with van der Waals surface area (Å²) < 4.78 is 38.6. The number of hydrogen-bond donors (Lipinski definition) is 1. The van der Waals surface area contributed by atoms with Gasteiger partial charge in [0.15, 0.2) is 5.82 Å². The molecule has 5 rings (SSSR count). The topological polar surface area (TPSA) is 104 Å². The van der Waals surface area contributed by atoms with Gasteiger partial charge in [-0.2, -0.15) is 10.2 Å². The Hall–Kier alpha value is -4.30. The fraction of sp³-hybridized carbons (Fsp3) is 0.333. The number of carbonyl (C=O) groups excluding carboxylic acids is 1. The van der Waals surface area contributed by atoms with Crippen LogP contribution in [-0.2, 0) is 16.1 Å². The highest BCUT2D eigenvalue weighted by atomic mass is 19.1. The number of hydrogen-bond acceptors (Lipinski definition) is 6. The summed E-state index contributed by atoms with van der Waals surface area (Å²) in [5, 5.41) is 9.47. The van der Waals surface area contributed by atoms with Crippen molar-refractivity contribution in [2.75, 3.05) is 26.0 Å². The minimum absolute atomic E-state index is 0.0580. The summed E-state index contributed by atoms with van der Waals surface area (Å²) >= 11 is 0. The van der Waals surface area contributed by atoms with Crippen molar-refractivity contribution >= 4 is 33.5 Å². The van der Waals surface area contributed by atoms with Gasteiger partial charge in [0.05, 0.1) is 39.6 Å². The van der Waals surface area contributed by atoms with Crippen LogP contribution in [0.2, 0.25) is 0 Å². The minimum Gasteiger partial charge on any atom is -0.385 e. The van der Waals surface area contributed by atoms with Gasteiger partial charge in [-0.1, -0.05) is 12.5 Å². The molecule has 1 aromatic carbocycles. The Morgan fingerprint density at radius 2 is 2.16 bits per heavy atom. The van der Waals surface area contributed by atoms with E-state index in [9.17, 15) is 9.18 Å². The molecule has 1 amide bonds. The van der Waals surface area contributed by atoms with Crippen molar-refractivity contribution in [2.45, 2.75) is 38.4 Å². The lowest BCUT2D eigenvalue weighted by Crippen LogP contribution is -2.35. The molecule has 1 fully saturated rings. The molecule has 0 saturated carbocycles. The van der Waals surface area contributed by atoms with Crippen molar-refractivity contribution in [3.05, 3.63) is 60.1 Å². The van der Waals surface area contributed by atoms with E-state index in [4.69, 9.17) is 10.5 Å². The fourth-order valence-corrected chi connectivity index (χ4v) is 5.10. The van der Waals surface area contributed by atoms with Gasteiger partial charge in [-0.25, -0.2) is 13.8 Å². The number of methoxy groups -OCH3 is 1. The van der Waals surface area contributed by atoms with Crippen molar-refractivity contribution in [3.63, 3.8) is 0 Å². The number of benzene rings is 1. The second-order valence-corrected chi connectivity index (χ2v) is 9.09. The lowest BCUT2D eigenvalue weighted by Gasteiger charge is -2.22. The van der Waals surface area contributed by atoms with Crippen LogP contribution in [0.5, 0.6) is 0 Å². The van der Waals surface area contributed by atoms with Crippen LogP contribution in [0.15, 0.2) is 37.2 Å². The fourth-order valence-electron chi connectivity index (χ4n) is 5.10. The number of nitrogens with zero attached hydrogens (tertiary/aromatic N) is 6. The van der Waals surface area contributed by atoms with Gasteiger partial charge in [0.2, 0.25) is 5.91 Å². The molecule has 38 heavy (non-hydrogen) atoms. The van der Waals surface area contributed by atoms with Crippen LogP contribution in [0.25, 0.3) is 21.8 Å². The Bertz CT molecular complexity index is 1610. The van der Waals surface area contributed by atoms with Gasteiger partial charge >= 0.3 is 0 Å². The summed E-state index contributed by atoms with van der Waals surface area (Å²) in [6, 6.07) is 2.76. The molecule has 3 aromatic heterocycles. The lowest BCUT2D eigenvalue weighted by molar-refractivity contribution is -0.127. The predicted octanol–water partition coefficient (Wildman–Crippen LogP) is 3.43. The van der Waals surface area contributed by atoms with Crippen molar-refractivity contribution < 1.29 is 18.3 Å². The standard InChI is InChI=1S/C27H27F2N7O2/c1-4-24(37)34-15-17(12-16(34)9-11-38-3)36-22-8-10-31-27(30)25(22)21(33-36)7-6-18-20(28)13-23-19(26(18)29)14-32-35(23)5-2/h4,8,10,13-14,16-17H,1,5,9,11-12,15H2,2-3H3,(H2,30,31)/t16-,17-/m0/s1. The number of amides is 1. The van der Waals surface area contributed by atoms with E-state index in [-0.39, 0.29) is 40.5 Å². The summed E-state index contributed by atoms with van der Waals surface area (Å²) in [7, 11) is 1.62. The van der Waals surface area contributed by atoms with Crippen molar-refractivity contribution in [3.8, 4) is 11.8 Å². The molecule has 4 heterocycles. The monoisotopic (exact) mass is 519 g/mol. The Morgan fingerprint density at radius 3 is 2.89 bits per heavy atom. The molecule has 1 saturated heterocycles. The largest absolute Gasteiger partial charge is 0.385 e. The SMILES string of the molecule is C=CC(=O)N1C[C@@H](n2nc(C#Cc3c(F)cc4c(cnn4CC)c3F)c3c(N)nccc32)C[C@@H]1CCOC. The van der Waals surface area contributed by atoms with Gasteiger partial charge in [0.25, 0.3) is 0 Å². The molecule has 0 aliphatic carbocycles. The zero-order chi connectivity index (χ0) is 27.0. The molecule has 0 bridgehead atoms. The highest BCUT2D eigenvalue weighted by Gasteiger charge is 2.36. The number of nitrogens with two attached hydrogens (primary N) is 1. The van der Waals surface area contributed by atoms with Crippen LogP contribution in [0.4, 0.5) is 14.6 Å². The van der Waals surface area contributed by atoms with Crippen LogP contribution in [0, 0.1) is 23.5 Å². The van der Waals surface area contributed by atoms with Crippen LogP contribution >= 0.6 is 0 Å². The summed E-state index contributed by atoms with van der Waals surface area (Å²) in [5.74, 6) is 3.91.